The summed E-state index contributed by atoms with van der Waals surface area (Å²) in [5.41, 5.74) is 7.21. The molecule has 0 aliphatic carbocycles. The molecule has 0 bridgehead atoms. The van der Waals surface area contributed by atoms with E-state index in [0.29, 0.717) is 27.7 Å². The SMILES string of the molecule is COc1cc(C(=O)Nc2ccc(I)cc2Cl)ccc1N. The molecule has 0 spiro atoms. The summed E-state index contributed by atoms with van der Waals surface area (Å²) in [6.07, 6.45) is 0. The van der Waals surface area contributed by atoms with E-state index in [1.165, 1.54) is 7.11 Å². The molecule has 0 aromatic heterocycles. The van der Waals surface area contributed by atoms with Crippen molar-refractivity contribution in [2.75, 3.05) is 18.2 Å². The van der Waals surface area contributed by atoms with Crippen LogP contribution < -0.4 is 15.8 Å². The molecule has 0 atom stereocenters. The lowest BCUT2D eigenvalue weighted by Gasteiger charge is -2.09. The third-order valence-electron chi connectivity index (χ3n) is 2.67. The van der Waals surface area contributed by atoms with Gasteiger partial charge < -0.3 is 15.8 Å². The average molecular weight is 403 g/mol. The second-order valence-electron chi connectivity index (χ2n) is 4.04. The molecule has 2 aromatic carbocycles. The van der Waals surface area contributed by atoms with Crippen LogP contribution in [-0.2, 0) is 0 Å². The number of nitrogen functional groups attached to an aromatic ring is 1. The Labute approximate surface area is 135 Å². The number of nitrogens with one attached hydrogen (secondary N) is 1. The average Bonchev–Trinajstić information content (AvgIpc) is 2.42. The second kappa shape index (κ2) is 6.32. The van der Waals surface area contributed by atoms with E-state index in [1.54, 1.807) is 30.3 Å². The van der Waals surface area contributed by atoms with Crippen molar-refractivity contribution in [1.29, 1.82) is 0 Å². The summed E-state index contributed by atoms with van der Waals surface area (Å²) < 4.78 is 6.09. The van der Waals surface area contributed by atoms with Gasteiger partial charge in [-0.15, -0.1) is 0 Å². The lowest BCUT2D eigenvalue weighted by Crippen LogP contribution is -2.12. The molecule has 2 rings (SSSR count). The Morgan fingerprint density at radius 2 is 2.05 bits per heavy atom. The van der Waals surface area contributed by atoms with E-state index in [-0.39, 0.29) is 5.91 Å². The lowest BCUT2D eigenvalue weighted by atomic mass is 10.1. The highest BCUT2D eigenvalue weighted by Crippen LogP contribution is 2.26. The van der Waals surface area contributed by atoms with Gasteiger partial charge in [0.2, 0.25) is 0 Å². The summed E-state index contributed by atoms with van der Waals surface area (Å²) in [5, 5.41) is 3.25. The molecule has 0 saturated heterocycles. The number of halogens is 2. The fraction of sp³-hybridized carbons (Fsp3) is 0.0714. The van der Waals surface area contributed by atoms with Gasteiger partial charge in [0, 0.05) is 9.13 Å². The highest BCUT2D eigenvalue weighted by molar-refractivity contribution is 14.1. The predicted molar refractivity (Wildman–Crippen MR) is 89.5 cm³/mol. The van der Waals surface area contributed by atoms with E-state index in [4.69, 9.17) is 22.1 Å². The van der Waals surface area contributed by atoms with Crippen molar-refractivity contribution in [3.8, 4) is 5.75 Å². The molecule has 6 heteroatoms. The van der Waals surface area contributed by atoms with Crippen molar-refractivity contribution in [2.24, 2.45) is 0 Å². The summed E-state index contributed by atoms with van der Waals surface area (Å²) in [4.78, 5) is 12.2. The van der Waals surface area contributed by atoms with Gasteiger partial charge >= 0.3 is 0 Å². The molecule has 0 aliphatic rings. The first kappa shape index (κ1) is 14.9. The van der Waals surface area contributed by atoms with Gasteiger partial charge in [0.05, 0.1) is 23.5 Å². The van der Waals surface area contributed by atoms with Gasteiger partial charge in [-0.2, -0.15) is 0 Å². The molecule has 0 aliphatic heterocycles. The molecule has 20 heavy (non-hydrogen) atoms. The molecule has 1 amide bonds. The Balaban J connectivity index is 2.24. The Kier molecular flexibility index (Phi) is 4.72. The van der Waals surface area contributed by atoms with Crippen molar-refractivity contribution < 1.29 is 9.53 Å². The first-order chi connectivity index (χ1) is 9.51. The molecular formula is C14H12ClIN2O2. The van der Waals surface area contributed by atoms with Gasteiger partial charge in [-0.3, -0.25) is 4.79 Å². The molecule has 0 fully saturated rings. The highest BCUT2D eigenvalue weighted by Gasteiger charge is 2.11. The number of carbonyl (C=O) groups excluding carboxylic acids is 1. The minimum atomic E-state index is -0.272. The normalized spacial score (nSPS) is 10.2. The maximum atomic E-state index is 12.2. The number of carbonyl (C=O) groups is 1. The summed E-state index contributed by atoms with van der Waals surface area (Å²) in [6.45, 7) is 0. The van der Waals surface area contributed by atoms with E-state index in [0.717, 1.165) is 3.57 Å². The topological polar surface area (TPSA) is 64.3 Å². The number of hydrogen-bond acceptors (Lipinski definition) is 3. The quantitative estimate of drug-likeness (QED) is 0.606. The Hall–Kier alpha value is -1.47. The third-order valence-corrected chi connectivity index (χ3v) is 3.66. The molecule has 0 unspecified atom stereocenters. The van der Waals surface area contributed by atoms with E-state index in [2.05, 4.69) is 27.9 Å². The Morgan fingerprint density at radius 3 is 2.70 bits per heavy atom. The Morgan fingerprint density at radius 1 is 1.30 bits per heavy atom. The molecule has 4 nitrogen and oxygen atoms in total. The number of methoxy groups -OCH3 is 1. The van der Waals surface area contributed by atoms with Crippen LogP contribution in [0, 0.1) is 3.57 Å². The van der Waals surface area contributed by atoms with Crippen LogP contribution >= 0.6 is 34.2 Å². The van der Waals surface area contributed by atoms with Crippen molar-refractivity contribution in [2.45, 2.75) is 0 Å². The second-order valence-corrected chi connectivity index (χ2v) is 5.69. The summed E-state index contributed by atoms with van der Waals surface area (Å²) >= 11 is 8.23. The smallest absolute Gasteiger partial charge is 0.255 e. The van der Waals surface area contributed by atoms with E-state index in [9.17, 15) is 4.79 Å². The van der Waals surface area contributed by atoms with Crippen LogP contribution in [0.1, 0.15) is 10.4 Å². The molecular weight excluding hydrogens is 391 g/mol. The predicted octanol–water partition coefficient (Wildman–Crippen LogP) is 3.79. The van der Waals surface area contributed by atoms with Gasteiger partial charge in [-0.25, -0.2) is 0 Å². The number of rotatable bonds is 3. The number of benzene rings is 2. The number of anilines is 2. The maximum Gasteiger partial charge on any atom is 0.255 e. The Bertz CT molecular complexity index is 662. The first-order valence-electron chi connectivity index (χ1n) is 5.71. The van der Waals surface area contributed by atoms with Crippen LogP contribution in [0.5, 0.6) is 5.75 Å². The van der Waals surface area contributed by atoms with Crippen LogP contribution in [0.3, 0.4) is 0 Å². The van der Waals surface area contributed by atoms with E-state index >= 15 is 0 Å². The number of nitrogens with two attached hydrogens (primary N) is 1. The summed E-state index contributed by atoms with van der Waals surface area (Å²) in [5.74, 6) is 0.192. The van der Waals surface area contributed by atoms with E-state index < -0.39 is 0 Å². The lowest BCUT2D eigenvalue weighted by molar-refractivity contribution is 0.102. The van der Waals surface area contributed by atoms with Gasteiger partial charge in [-0.1, -0.05) is 11.6 Å². The zero-order valence-electron chi connectivity index (χ0n) is 10.6. The van der Waals surface area contributed by atoms with Gasteiger partial charge in [0.25, 0.3) is 5.91 Å². The molecule has 2 aromatic rings. The van der Waals surface area contributed by atoms with Crippen LogP contribution in [0.2, 0.25) is 5.02 Å². The molecule has 0 heterocycles. The van der Waals surface area contributed by atoms with Crippen LogP contribution in [0.25, 0.3) is 0 Å². The van der Waals surface area contributed by atoms with Crippen molar-refractivity contribution in [1.82, 2.24) is 0 Å². The van der Waals surface area contributed by atoms with Crippen molar-refractivity contribution in [3.63, 3.8) is 0 Å². The minimum Gasteiger partial charge on any atom is -0.495 e. The minimum absolute atomic E-state index is 0.272. The van der Waals surface area contributed by atoms with Gasteiger partial charge in [-0.05, 0) is 59.0 Å². The largest absolute Gasteiger partial charge is 0.495 e. The maximum absolute atomic E-state index is 12.2. The van der Waals surface area contributed by atoms with Crippen molar-refractivity contribution >= 4 is 51.5 Å². The van der Waals surface area contributed by atoms with E-state index in [1.807, 2.05) is 6.07 Å². The molecule has 0 saturated carbocycles. The summed E-state index contributed by atoms with van der Waals surface area (Å²) in [6, 6.07) is 10.3. The van der Waals surface area contributed by atoms with Crippen molar-refractivity contribution in [3.05, 3.63) is 50.6 Å². The molecule has 104 valence electrons. The van der Waals surface area contributed by atoms with Crippen LogP contribution in [-0.4, -0.2) is 13.0 Å². The van der Waals surface area contributed by atoms with Gasteiger partial charge in [0.15, 0.2) is 0 Å². The third kappa shape index (κ3) is 3.34. The van der Waals surface area contributed by atoms with Crippen LogP contribution in [0.4, 0.5) is 11.4 Å². The standard InChI is InChI=1S/C14H12ClIN2O2/c1-20-13-6-8(2-4-11(13)17)14(19)18-12-5-3-9(16)7-10(12)15/h2-7H,17H2,1H3,(H,18,19). The van der Waals surface area contributed by atoms with Gasteiger partial charge in [0.1, 0.15) is 5.75 Å². The molecule has 0 radical (unpaired) electrons. The first-order valence-corrected chi connectivity index (χ1v) is 7.17. The fourth-order valence-electron chi connectivity index (χ4n) is 1.64. The van der Waals surface area contributed by atoms with Crippen LogP contribution in [0.15, 0.2) is 36.4 Å². The summed E-state index contributed by atoms with van der Waals surface area (Å²) in [7, 11) is 1.50. The number of amides is 1. The fourth-order valence-corrected chi connectivity index (χ4v) is 2.54. The molecule has 3 N–H and O–H groups in total. The monoisotopic (exact) mass is 402 g/mol. The number of ether oxygens (including phenoxy) is 1. The highest BCUT2D eigenvalue weighted by atomic mass is 127. The zero-order chi connectivity index (χ0) is 14.7. The number of hydrogen-bond donors (Lipinski definition) is 2. The zero-order valence-corrected chi connectivity index (χ0v) is 13.5.